The van der Waals surface area contributed by atoms with Gasteiger partial charge in [0.05, 0.1) is 11.4 Å². The molecule has 0 fully saturated rings. The summed E-state index contributed by atoms with van der Waals surface area (Å²) in [5, 5.41) is 0. The molecule has 4 rings (SSSR count). The van der Waals surface area contributed by atoms with E-state index >= 15 is 0 Å². The van der Waals surface area contributed by atoms with Gasteiger partial charge in [0.2, 0.25) is 0 Å². The van der Waals surface area contributed by atoms with Crippen LogP contribution in [0.3, 0.4) is 0 Å². The summed E-state index contributed by atoms with van der Waals surface area (Å²) in [7, 11) is 0. The molecule has 0 saturated heterocycles. The fraction of sp³-hybridized carbons (Fsp3) is 0.154. The maximum Gasteiger partial charge on any atom is 0.131 e. The molecule has 0 atom stereocenters. The first kappa shape index (κ1) is 19.9. The van der Waals surface area contributed by atoms with Crippen LogP contribution in [0.5, 0.6) is 0 Å². The lowest BCUT2D eigenvalue weighted by Gasteiger charge is -2.09. The first-order valence-electron chi connectivity index (χ1n) is 9.92. The highest BCUT2D eigenvalue weighted by Crippen LogP contribution is 2.30. The summed E-state index contributed by atoms with van der Waals surface area (Å²) in [6.07, 6.45) is 5.26. The molecule has 0 spiro atoms. The lowest BCUT2D eigenvalue weighted by atomic mass is 9.97. The third kappa shape index (κ3) is 4.43. The van der Waals surface area contributed by atoms with Gasteiger partial charge in [-0.05, 0) is 61.1 Å². The molecule has 0 aliphatic rings. The molecule has 3 aromatic carbocycles. The molecular weight excluding hydrogens is 378 g/mol. The van der Waals surface area contributed by atoms with Gasteiger partial charge in [0, 0.05) is 23.5 Å². The SMILES string of the molecule is Cc1ccc(-c2ccc(-c3ccc(CCc4cnc(C)cn4)cc3)cc2F)c(F)c1. The van der Waals surface area contributed by atoms with Gasteiger partial charge in [0.15, 0.2) is 0 Å². The summed E-state index contributed by atoms with van der Waals surface area (Å²) >= 11 is 0. The minimum atomic E-state index is -0.433. The molecule has 4 aromatic rings. The van der Waals surface area contributed by atoms with Crippen LogP contribution in [0, 0.1) is 25.5 Å². The average Bonchev–Trinajstić information content (AvgIpc) is 2.74. The Morgan fingerprint density at radius 2 is 1.33 bits per heavy atom. The third-order valence-corrected chi connectivity index (χ3v) is 5.18. The van der Waals surface area contributed by atoms with Gasteiger partial charge >= 0.3 is 0 Å². The number of hydrogen-bond donors (Lipinski definition) is 0. The first-order chi connectivity index (χ1) is 14.5. The van der Waals surface area contributed by atoms with Crippen LogP contribution in [-0.4, -0.2) is 9.97 Å². The minimum Gasteiger partial charge on any atom is -0.258 e. The zero-order chi connectivity index (χ0) is 21.1. The Morgan fingerprint density at radius 1 is 0.667 bits per heavy atom. The highest BCUT2D eigenvalue weighted by Gasteiger charge is 2.11. The van der Waals surface area contributed by atoms with Crippen molar-refractivity contribution in [1.82, 2.24) is 9.97 Å². The predicted octanol–water partition coefficient (Wildman–Crippen LogP) is 6.49. The number of halogens is 2. The molecule has 0 bridgehead atoms. The second-order valence-electron chi connectivity index (χ2n) is 7.52. The first-order valence-corrected chi connectivity index (χ1v) is 9.92. The van der Waals surface area contributed by atoms with Gasteiger partial charge in [-0.25, -0.2) is 8.78 Å². The predicted molar refractivity (Wildman–Crippen MR) is 116 cm³/mol. The molecule has 0 unspecified atom stereocenters. The molecule has 1 heterocycles. The van der Waals surface area contributed by atoms with Crippen molar-refractivity contribution in [2.45, 2.75) is 26.7 Å². The number of hydrogen-bond acceptors (Lipinski definition) is 2. The number of nitrogens with zero attached hydrogens (tertiary/aromatic N) is 2. The van der Waals surface area contributed by atoms with Gasteiger partial charge in [0.1, 0.15) is 11.6 Å². The Morgan fingerprint density at radius 3 is 1.97 bits per heavy atom. The Bertz CT molecular complexity index is 1170. The number of benzene rings is 3. The molecule has 0 aliphatic carbocycles. The quantitative estimate of drug-likeness (QED) is 0.383. The summed E-state index contributed by atoms with van der Waals surface area (Å²) in [6, 6.07) is 17.8. The molecule has 1 aromatic heterocycles. The maximum absolute atomic E-state index is 14.7. The van der Waals surface area contributed by atoms with Crippen LogP contribution in [0.4, 0.5) is 8.78 Å². The summed E-state index contributed by atoms with van der Waals surface area (Å²) in [4.78, 5) is 8.65. The van der Waals surface area contributed by atoms with Crippen LogP contribution < -0.4 is 0 Å². The highest BCUT2D eigenvalue weighted by molar-refractivity contribution is 5.71. The Labute approximate surface area is 175 Å². The van der Waals surface area contributed by atoms with E-state index in [4.69, 9.17) is 0 Å². The zero-order valence-corrected chi connectivity index (χ0v) is 17.0. The fourth-order valence-corrected chi connectivity index (χ4v) is 3.44. The summed E-state index contributed by atoms with van der Waals surface area (Å²) < 4.78 is 29.0. The smallest absolute Gasteiger partial charge is 0.131 e. The third-order valence-electron chi connectivity index (χ3n) is 5.18. The van der Waals surface area contributed by atoms with E-state index in [1.165, 1.54) is 17.7 Å². The van der Waals surface area contributed by atoms with E-state index in [0.717, 1.165) is 40.9 Å². The van der Waals surface area contributed by atoms with Crippen molar-refractivity contribution in [1.29, 1.82) is 0 Å². The number of rotatable bonds is 5. The fourth-order valence-electron chi connectivity index (χ4n) is 3.44. The molecule has 0 N–H and O–H groups in total. The van der Waals surface area contributed by atoms with Gasteiger partial charge in [-0.15, -0.1) is 0 Å². The summed E-state index contributed by atoms with van der Waals surface area (Å²) in [5.74, 6) is -0.846. The van der Waals surface area contributed by atoms with E-state index in [0.29, 0.717) is 0 Å². The molecule has 0 radical (unpaired) electrons. The normalized spacial score (nSPS) is 10.9. The van der Waals surface area contributed by atoms with Crippen LogP contribution in [0.15, 0.2) is 73.1 Å². The van der Waals surface area contributed by atoms with Crippen LogP contribution in [0.2, 0.25) is 0 Å². The van der Waals surface area contributed by atoms with Crippen molar-refractivity contribution in [2.75, 3.05) is 0 Å². The van der Waals surface area contributed by atoms with Crippen LogP contribution in [0.25, 0.3) is 22.3 Å². The monoisotopic (exact) mass is 400 g/mol. The lowest BCUT2D eigenvalue weighted by Crippen LogP contribution is -1.96. The van der Waals surface area contributed by atoms with Gasteiger partial charge in [-0.3, -0.25) is 9.97 Å². The van der Waals surface area contributed by atoms with Crippen LogP contribution in [-0.2, 0) is 12.8 Å². The van der Waals surface area contributed by atoms with Crippen molar-refractivity contribution >= 4 is 0 Å². The van der Waals surface area contributed by atoms with E-state index in [-0.39, 0.29) is 11.1 Å². The van der Waals surface area contributed by atoms with Crippen LogP contribution >= 0.6 is 0 Å². The molecular formula is C26H22F2N2. The standard InChI is InChI=1S/C26H22F2N2/c1-17-3-11-23(25(27)13-17)24-12-9-21(14-26(24)28)20-7-4-19(5-8-20)6-10-22-16-29-18(2)15-30-22/h3-5,7-9,11-16H,6,10H2,1-2H3. The molecule has 30 heavy (non-hydrogen) atoms. The van der Waals surface area contributed by atoms with Gasteiger partial charge < -0.3 is 0 Å². The lowest BCUT2D eigenvalue weighted by molar-refractivity contribution is 0.616. The molecule has 4 heteroatoms. The second kappa shape index (κ2) is 8.54. The second-order valence-corrected chi connectivity index (χ2v) is 7.52. The topological polar surface area (TPSA) is 25.8 Å². The van der Waals surface area contributed by atoms with E-state index in [1.54, 1.807) is 24.4 Å². The van der Waals surface area contributed by atoms with Crippen molar-refractivity contribution < 1.29 is 8.78 Å². The molecule has 0 amide bonds. The van der Waals surface area contributed by atoms with E-state index < -0.39 is 11.6 Å². The minimum absolute atomic E-state index is 0.270. The summed E-state index contributed by atoms with van der Waals surface area (Å²) in [6.45, 7) is 3.73. The van der Waals surface area contributed by atoms with E-state index in [9.17, 15) is 8.78 Å². The van der Waals surface area contributed by atoms with Crippen molar-refractivity contribution in [3.63, 3.8) is 0 Å². The van der Waals surface area contributed by atoms with Crippen molar-refractivity contribution in [2.24, 2.45) is 0 Å². The average molecular weight is 400 g/mol. The maximum atomic E-state index is 14.7. The van der Waals surface area contributed by atoms with Crippen molar-refractivity contribution in [3.05, 3.63) is 107 Å². The Kier molecular flexibility index (Phi) is 5.66. The molecule has 0 aliphatic heterocycles. The zero-order valence-electron chi connectivity index (χ0n) is 17.0. The number of aromatic nitrogens is 2. The van der Waals surface area contributed by atoms with Crippen molar-refractivity contribution in [3.8, 4) is 22.3 Å². The molecule has 150 valence electrons. The summed E-state index contributed by atoms with van der Waals surface area (Å²) in [5.41, 5.74) is 6.09. The van der Waals surface area contributed by atoms with E-state index in [2.05, 4.69) is 9.97 Å². The highest BCUT2D eigenvalue weighted by atomic mass is 19.1. The molecule has 2 nitrogen and oxygen atoms in total. The molecule has 0 saturated carbocycles. The van der Waals surface area contributed by atoms with E-state index in [1.807, 2.05) is 50.4 Å². The Balaban J connectivity index is 1.50. The van der Waals surface area contributed by atoms with Gasteiger partial charge in [-0.1, -0.05) is 48.5 Å². The largest absolute Gasteiger partial charge is 0.258 e. The Hall–Kier alpha value is -3.40. The van der Waals surface area contributed by atoms with Gasteiger partial charge in [-0.2, -0.15) is 0 Å². The number of aryl methyl sites for hydroxylation is 4. The van der Waals surface area contributed by atoms with Gasteiger partial charge in [0.25, 0.3) is 0 Å². The van der Waals surface area contributed by atoms with Crippen LogP contribution in [0.1, 0.15) is 22.5 Å².